The van der Waals surface area contributed by atoms with E-state index in [4.69, 9.17) is 4.74 Å². The van der Waals surface area contributed by atoms with Gasteiger partial charge in [0.25, 0.3) is 5.56 Å². The predicted octanol–water partition coefficient (Wildman–Crippen LogP) is 5.01. The molecule has 27 heavy (non-hydrogen) atoms. The SMILES string of the molecule is CSNc1ccc(OC2CCC(F)(F)CC2)c(-c2cc(C)c(=O)n(C)c2)c1. The first-order valence-electron chi connectivity index (χ1n) is 8.94. The molecule has 1 heterocycles. The lowest BCUT2D eigenvalue weighted by Gasteiger charge is -2.29. The summed E-state index contributed by atoms with van der Waals surface area (Å²) < 4.78 is 37.7. The monoisotopic (exact) mass is 394 g/mol. The smallest absolute Gasteiger partial charge is 0.253 e. The molecule has 0 amide bonds. The number of anilines is 1. The number of hydrogen-bond donors (Lipinski definition) is 1. The molecule has 0 radical (unpaired) electrons. The maximum Gasteiger partial charge on any atom is 0.253 e. The van der Waals surface area contributed by atoms with Crippen LogP contribution in [0.25, 0.3) is 11.1 Å². The molecule has 1 aliphatic rings. The van der Waals surface area contributed by atoms with Crippen molar-refractivity contribution in [2.24, 2.45) is 7.05 Å². The van der Waals surface area contributed by atoms with Gasteiger partial charge in [0.15, 0.2) is 0 Å². The van der Waals surface area contributed by atoms with E-state index >= 15 is 0 Å². The summed E-state index contributed by atoms with van der Waals surface area (Å²) in [5.74, 6) is -1.93. The van der Waals surface area contributed by atoms with Crippen molar-refractivity contribution in [2.75, 3.05) is 11.0 Å². The van der Waals surface area contributed by atoms with Gasteiger partial charge < -0.3 is 14.0 Å². The van der Waals surface area contributed by atoms with E-state index in [0.717, 1.165) is 16.8 Å². The fourth-order valence-electron chi connectivity index (χ4n) is 3.38. The van der Waals surface area contributed by atoms with E-state index in [0.29, 0.717) is 24.2 Å². The Morgan fingerprint density at radius 3 is 2.59 bits per heavy atom. The zero-order valence-electron chi connectivity index (χ0n) is 15.7. The molecule has 1 fully saturated rings. The number of ether oxygens (including phenoxy) is 1. The van der Waals surface area contributed by atoms with Gasteiger partial charge in [-0.15, -0.1) is 0 Å². The molecule has 0 atom stereocenters. The molecule has 0 bridgehead atoms. The van der Waals surface area contributed by atoms with E-state index in [2.05, 4.69) is 4.72 Å². The number of aryl methyl sites for hydroxylation is 2. The lowest BCUT2D eigenvalue weighted by molar-refractivity contribution is -0.0581. The summed E-state index contributed by atoms with van der Waals surface area (Å²) >= 11 is 1.48. The molecule has 1 aromatic carbocycles. The number of nitrogens with one attached hydrogen (secondary N) is 1. The second-order valence-corrected chi connectivity index (χ2v) is 7.63. The Labute approximate surface area is 162 Å². The van der Waals surface area contributed by atoms with E-state index in [1.165, 1.54) is 11.9 Å². The topological polar surface area (TPSA) is 43.3 Å². The average molecular weight is 394 g/mol. The van der Waals surface area contributed by atoms with Crippen LogP contribution in [0.15, 0.2) is 35.3 Å². The Balaban J connectivity index is 1.95. The normalized spacial score (nSPS) is 16.9. The van der Waals surface area contributed by atoms with Gasteiger partial charge in [0.05, 0.1) is 6.10 Å². The van der Waals surface area contributed by atoms with Gasteiger partial charge in [-0.05, 0) is 44.0 Å². The molecule has 0 saturated heterocycles. The van der Waals surface area contributed by atoms with E-state index in [1.807, 2.05) is 30.5 Å². The highest BCUT2D eigenvalue weighted by Gasteiger charge is 2.36. The number of hydrogen-bond acceptors (Lipinski definition) is 4. The second kappa shape index (κ2) is 7.92. The third-order valence-corrected chi connectivity index (χ3v) is 5.27. The molecule has 1 aromatic heterocycles. The Kier molecular flexibility index (Phi) is 5.79. The molecule has 146 valence electrons. The molecular formula is C20H24F2N2O2S. The molecule has 2 aromatic rings. The molecule has 0 spiro atoms. The largest absolute Gasteiger partial charge is 0.490 e. The Morgan fingerprint density at radius 2 is 1.96 bits per heavy atom. The second-order valence-electron chi connectivity index (χ2n) is 7.02. The summed E-state index contributed by atoms with van der Waals surface area (Å²) in [6.07, 6.45) is 3.87. The van der Waals surface area contributed by atoms with Gasteiger partial charge >= 0.3 is 0 Å². The van der Waals surface area contributed by atoms with Crippen LogP contribution in [-0.4, -0.2) is 22.8 Å². The molecule has 1 aliphatic carbocycles. The number of halogens is 2. The number of benzene rings is 1. The van der Waals surface area contributed by atoms with Crippen molar-refractivity contribution in [3.05, 3.63) is 46.4 Å². The number of aromatic nitrogens is 1. The average Bonchev–Trinajstić information content (AvgIpc) is 2.62. The van der Waals surface area contributed by atoms with Crippen LogP contribution in [-0.2, 0) is 7.05 Å². The first-order chi connectivity index (χ1) is 12.8. The first kappa shape index (κ1) is 19.7. The third kappa shape index (κ3) is 4.64. The van der Waals surface area contributed by atoms with Crippen LogP contribution in [0.1, 0.15) is 31.2 Å². The van der Waals surface area contributed by atoms with Gasteiger partial charge in [-0.3, -0.25) is 4.79 Å². The molecule has 1 N–H and O–H groups in total. The Hall–Kier alpha value is -2.02. The summed E-state index contributed by atoms with van der Waals surface area (Å²) in [6.45, 7) is 1.78. The van der Waals surface area contributed by atoms with Gasteiger partial charge in [0.2, 0.25) is 5.92 Å². The van der Waals surface area contributed by atoms with E-state index in [-0.39, 0.29) is 24.5 Å². The van der Waals surface area contributed by atoms with Crippen molar-refractivity contribution in [3.8, 4) is 16.9 Å². The maximum atomic E-state index is 13.4. The molecule has 3 rings (SSSR count). The Bertz CT molecular complexity index is 847. The van der Waals surface area contributed by atoms with Crippen LogP contribution < -0.4 is 15.0 Å². The molecule has 0 unspecified atom stereocenters. The third-order valence-electron chi connectivity index (χ3n) is 4.83. The van der Waals surface area contributed by atoms with Gasteiger partial charge in [-0.25, -0.2) is 8.78 Å². The number of nitrogens with zero attached hydrogens (tertiary/aromatic N) is 1. The van der Waals surface area contributed by atoms with Crippen molar-refractivity contribution in [2.45, 2.75) is 44.6 Å². The quantitative estimate of drug-likeness (QED) is 0.724. The highest BCUT2D eigenvalue weighted by atomic mass is 32.2. The van der Waals surface area contributed by atoms with Crippen molar-refractivity contribution < 1.29 is 13.5 Å². The highest BCUT2D eigenvalue weighted by Crippen LogP contribution is 2.38. The lowest BCUT2D eigenvalue weighted by Crippen LogP contribution is -2.30. The minimum Gasteiger partial charge on any atom is -0.490 e. The first-order valence-corrected chi connectivity index (χ1v) is 10.2. The van der Waals surface area contributed by atoms with Crippen LogP contribution in [0.3, 0.4) is 0 Å². The van der Waals surface area contributed by atoms with Crippen molar-refractivity contribution in [3.63, 3.8) is 0 Å². The van der Waals surface area contributed by atoms with E-state index in [1.54, 1.807) is 24.7 Å². The van der Waals surface area contributed by atoms with Crippen molar-refractivity contribution in [1.82, 2.24) is 4.57 Å². The van der Waals surface area contributed by atoms with Crippen LogP contribution in [0.4, 0.5) is 14.5 Å². The molecule has 7 heteroatoms. The maximum absolute atomic E-state index is 13.4. The summed E-state index contributed by atoms with van der Waals surface area (Å²) in [5, 5.41) is 0. The highest BCUT2D eigenvalue weighted by molar-refractivity contribution is 7.99. The summed E-state index contributed by atoms with van der Waals surface area (Å²) in [7, 11) is 1.71. The van der Waals surface area contributed by atoms with Gasteiger partial charge in [-0.2, -0.15) is 0 Å². The molecule has 1 saturated carbocycles. The molecule has 4 nitrogen and oxygen atoms in total. The van der Waals surface area contributed by atoms with E-state index < -0.39 is 5.92 Å². The summed E-state index contributed by atoms with van der Waals surface area (Å²) in [6, 6.07) is 7.56. The number of alkyl halides is 2. The van der Waals surface area contributed by atoms with Gasteiger partial charge in [-0.1, -0.05) is 11.9 Å². The van der Waals surface area contributed by atoms with Crippen LogP contribution in [0.2, 0.25) is 0 Å². The van der Waals surface area contributed by atoms with Crippen molar-refractivity contribution >= 4 is 17.6 Å². The standard InChI is InChI=1S/C20H24F2N2O2S/c1-13-10-14(12-24(2)19(13)25)17-11-15(23-27-3)4-5-18(17)26-16-6-8-20(21,22)9-7-16/h4-5,10-12,16,23H,6-9H2,1-3H3. The fourth-order valence-corrected chi connectivity index (χ4v) is 3.74. The lowest BCUT2D eigenvalue weighted by atomic mass is 9.94. The number of rotatable bonds is 5. The fraction of sp³-hybridized carbons (Fsp3) is 0.450. The van der Waals surface area contributed by atoms with Crippen LogP contribution in [0, 0.1) is 6.92 Å². The Morgan fingerprint density at radius 1 is 1.26 bits per heavy atom. The zero-order chi connectivity index (χ0) is 19.6. The van der Waals surface area contributed by atoms with E-state index in [9.17, 15) is 13.6 Å². The van der Waals surface area contributed by atoms with Gasteiger partial charge in [0.1, 0.15) is 5.75 Å². The minimum atomic E-state index is -2.58. The molecule has 0 aliphatic heterocycles. The summed E-state index contributed by atoms with van der Waals surface area (Å²) in [4.78, 5) is 12.0. The van der Waals surface area contributed by atoms with Crippen molar-refractivity contribution in [1.29, 1.82) is 0 Å². The molecular weight excluding hydrogens is 370 g/mol. The van der Waals surface area contributed by atoms with Gasteiger partial charge in [0, 0.05) is 54.7 Å². The number of pyridine rings is 1. The minimum absolute atomic E-state index is 0.0471. The summed E-state index contributed by atoms with van der Waals surface area (Å²) in [5.41, 5.74) is 3.20. The van der Waals surface area contributed by atoms with Crippen LogP contribution >= 0.6 is 11.9 Å². The van der Waals surface area contributed by atoms with Crippen LogP contribution in [0.5, 0.6) is 5.75 Å². The predicted molar refractivity (Wildman–Crippen MR) is 107 cm³/mol. The zero-order valence-corrected chi connectivity index (χ0v) is 16.5.